The first-order valence-corrected chi connectivity index (χ1v) is 10.5. The summed E-state index contributed by atoms with van der Waals surface area (Å²) in [5, 5.41) is 8.17. The molecule has 1 aromatic heterocycles. The first-order valence-electron chi connectivity index (χ1n) is 9.61. The smallest absolute Gasteiger partial charge is 0.319 e. The highest BCUT2D eigenvalue weighted by molar-refractivity contribution is 7.13. The Balaban J connectivity index is 1.47. The van der Waals surface area contributed by atoms with Crippen LogP contribution < -0.4 is 15.4 Å². The van der Waals surface area contributed by atoms with E-state index in [1.807, 2.05) is 53.9 Å². The van der Waals surface area contributed by atoms with Crippen LogP contribution in [0.3, 0.4) is 0 Å². The number of rotatable bonds is 6. The van der Waals surface area contributed by atoms with E-state index in [9.17, 15) is 9.18 Å². The van der Waals surface area contributed by atoms with E-state index >= 15 is 0 Å². The number of ether oxygens (including phenoxy) is 1. The number of hydrogen-bond acceptors (Lipinski definition) is 4. The molecule has 31 heavy (non-hydrogen) atoms. The summed E-state index contributed by atoms with van der Waals surface area (Å²) in [5.41, 5.74) is 3.48. The monoisotopic (exact) mass is 433 g/mol. The molecule has 0 radical (unpaired) electrons. The molecule has 0 saturated carbocycles. The summed E-state index contributed by atoms with van der Waals surface area (Å²) in [7, 11) is 1.61. The molecule has 0 aliphatic rings. The molecule has 4 aromatic rings. The predicted molar refractivity (Wildman–Crippen MR) is 122 cm³/mol. The maximum atomic E-state index is 14.1. The third-order valence-electron chi connectivity index (χ3n) is 4.67. The highest BCUT2D eigenvalue weighted by atomic mass is 32.1. The van der Waals surface area contributed by atoms with E-state index in [4.69, 9.17) is 4.74 Å². The number of anilines is 1. The van der Waals surface area contributed by atoms with Crippen molar-refractivity contribution in [2.45, 2.75) is 6.54 Å². The SMILES string of the molecule is COc1ccc(CNC(=O)Nc2ccccc2-c2csc(-c3ccccc3F)n2)cc1. The number of thiazole rings is 1. The Labute approximate surface area is 183 Å². The molecule has 0 atom stereocenters. The van der Waals surface area contributed by atoms with Crippen molar-refractivity contribution in [2.75, 3.05) is 12.4 Å². The van der Waals surface area contributed by atoms with Gasteiger partial charge in [0, 0.05) is 23.1 Å². The van der Waals surface area contributed by atoms with Gasteiger partial charge in [-0.05, 0) is 35.9 Å². The summed E-state index contributed by atoms with van der Waals surface area (Å²) in [6.45, 7) is 0.381. The average Bonchev–Trinajstić information content (AvgIpc) is 3.28. The lowest BCUT2D eigenvalue weighted by atomic mass is 10.1. The molecule has 4 rings (SSSR count). The molecule has 1 heterocycles. The van der Waals surface area contributed by atoms with Gasteiger partial charge in [-0.2, -0.15) is 0 Å². The number of para-hydroxylation sites is 1. The molecule has 0 aliphatic heterocycles. The summed E-state index contributed by atoms with van der Waals surface area (Å²) >= 11 is 1.36. The number of urea groups is 1. The third-order valence-corrected chi connectivity index (χ3v) is 5.55. The van der Waals surface area contributed by atoms with E-state index in [1.165, 1.54) is 17.4 Å². The number of methoxy groups -OCH3 is 1. The Bertz CT molecular complexity index is 1190. The first kappa shape index (κ1) is 20.6. The molecule has 2 amide bonds. The van der Waals surface area contributed by atoms with Crippen LogP contribution >= 0.6 is 11.3 Å². The topological polar surface area (TPSA) is 63.2 Å². The van der Waals surface area contributed by atoms with Gasteiger partial charge in [-0.15, -0.1) is 11.3 Å². The number of nitrogens with one attached hydrogen (secondary N) is 2. The summed E-state index contributed by atoms with van der Waals surface area (Å²) in [6, 6.07) is 21.1. The molecule has 0 bridgehead atoms. The van der Waals surface area contributed by atoms with Gasteiger partial charge < -0.3 is 15.4 Å². The van der Waals surface area contributed by atoms with Gasteiger partial charge in [0.25, 0.3) is 0 Å². The van der Waals surface area contributed by atoms with E-state index in [0.717, 1.165) is 16.9 Å². The van der Waals surface area contributed by atoms with Gasteiger partial charge in [0.2, 0.25) is 0 Å². The van der Waals surface area contributed by atoms with Crippen molar-refractivity contribution in [1.82, 2.24) is 10.3 Å². The lowest BCUT2D eigenvalue weighted by molar-refractivity contribution is 0.251. The molecule has 0 fully saturated rings. The summed E-state index contributed by atoms with van der Waals surface area (Å²) in [5.74, 6) is 0.452. The van der Waals surface area contributed by atoms with E-state index in [2.05, 4.69) is 15.6 Å². The number of carbonyl (C=O) groups excluding carboxylic acids is 1. The molecule has 7 heteroatoms. The lowest BCUT2D eigenvalue weighted by Gasteiger charge is -2.11. The zero-order chi connectivity index (χ0) is 21.6. The van der Waals surface area contributed by atoms with Crippen molar-refractivity contribution in [1.29, 1.82) is 0 Å². The third kappa shape index (κ3) is 4.90. The minimum atomic E-state index is -0.326. The Hall–Kier alpha value is -3.71. The van der Waals surface area contributed by atoms with Crippen molar-refractivity contribution >= 4 is 23.1 Å². The van der Waals surface area contributed by atoms with Crippen LogP contribution in [0.2, 0.25) is 0 Å². The van der Waals surface area contributed by atoms with Crippen LogP contribution in [0.4, 0.5) is 14.9 Å². The van der Waals surface area contributed by atoms with Crippen LogP contribution in [0.25, 0.3) is 21.8 Å². The number of aromatic nitrogens is 1. The summed E-state index contributed by atoms with van der Waals surface area (Å²) in [6.07, 6.45) is 0. The second-order valence-electron chi connectivity index (χ2n) is 6.72. The lowest BCUT2D eigenvalue weighted by Crippen LogP contribution is -2.28. The Morgan fingerprint density at radius 3 is 2.45 bits per heavy atom. The molecule has 156 valence electrons. The quantitative estimate of drug-likeness (QED) is 0.395. The second-order valence-corrected chi connectivity index (χ2v) is 7.58. The zero-order valence-corrected chi connectivity index (χ0v) is 17.6. The highest BCUT2D eigenvalue weighted by Crippen LogP contribution is 2.33. The number of nitrogens with zero attached hydrogens (tertiary/aromatic N) is 1. The summed E-state index contributed by atoms with van der Waals surface area (Å²) in [4.78, 5) is 17.0. The minimum Gasteiger partial charge on any atom is -0.497 e. The molecule has 0 unspecified atom stereocenters. The molecule has 0 saturated heterocycles. The van der Waals surface area contributed by atoms with E-state index < -0.39 is 0 Å². The highest BCUT2D eigenvalue weighted by Gasteiger charge is 2.14. The van der Waals surface area contributed by atoms with Crippen LogP contribution in [0.1, 0.15) is 5.56 Å². The molecule has 0 aliphatic carbocycles. The maximum absolute atomic E-state index is 14.1. The zero-order valence-electron chi connectivity index (χ0n) is 16.8. The number of benzene rings is 3. The number of halogens is 1. The van der Waals surface area contributed by atoms with Crippen molar-refractivity contribution < 1.29 is 13.9 Å². The first-order chi connectivity index (χ1) is 15.1. The number of carbonyl (C=O) groups is 1. The van der Waals surface area contributed by atoms with Crippen LogP contribution in [0.5, 0.6) is 5.75 Å². The van der Waals surface area contributed by atoms with Gasteiger partial charge in [-0.3, -0.25) is 0 Å². The van der Waals surface area contributed by atoms with Gasteiger partial charge in [0.05, 0.1) is 18.5 Å². The van der Waals surface area contributed by atoms with E-state index in [-0.39, 0.29) is 11.8 Å². The standard InChI is InChI=1S/C24H20FN3O2S/c1-30-17-12-10-16(11-13-17)14-26-24(29)28-21-9-5-3-7-19(21)22-15-31-23(27-22)18-6-2-4-8-20(18)25/h2-13,15H,14H2,1H3,(H2,26,28,29). The molecule has 0 spiro atoms. The van der Waals surface area contributed by atoms with Crippen molar-refractivity contribution in [3.63, 3.8) is 0 Å². The fraction of sp³-hybridized carbons (Fsp3) is 0.0833. The van der Waals surface area contributed by atoms with Gasteiger partial charge in [-0.25, -0.2) is 14.2 Å². The Kier molecular flexibility index (Phi) is 6.24. The van der Waals surface area contributed by atoms with Gasteiger partial charge in [0.15, 0.2) is 0 Å². The second kappa shape index (κ2) is 9.40. The molecule has 2 N–H and O–H groups in total. The van der Waals surface area contributed by atoms with E-state index in [1.54, 1.807) is 25.3 Å². The molecule has 5 nitrogen and oxygen atoms in total. The fourth-order valence-corrected chi connectivity index (χ4v) is 3.91. The van der Waals surface area contributed by atoms with Gasteiger partial charge >= 0.3 is 6.03 Å². The van der Waals surface area contributed by atoms with E-state index in [0.29, 0.717) is 28.5 Å². The minimum absolute atomic E-state index is 0.312. The summed E-state index contributed by atoms with van der Waals surface area (Å²) < 4.78 is 19.2. The molecular formula is C24H20FN3O2S. The van der Waals surface area contributed by atoms with Crippen molar-refractivity contribution in [2.24, 2.45) is 0 Å². The van der Waals surface area contributed by atoms with Crippen molar-refractivity contribution in [3.8, 4) is 27.6 Å². The predicted octanol–water partition coefficient (Wildman–Crippen LogP) is 5.95. The van der Waals surface area contributed by atoms with Crippen LogP contribution in [0.15, 0.2) is 78.2 Å². The number of hydrogen-bond donors (Lipinski definition) is 2. The maximum Gasteiger partial charge on any atom is 0.319 e. The van der Waals surface area contributed by atoms with Gasteiger partial charge in [0.1, 0.15) is 16.6 Å². The van der Waals surface area contributed by atoms with Gasteiger partial charge in [-0.1, -0.05) is 42.5 Å². The number of amides is 2. The van der Waals surface area contributed by atoms with Crippen LogP contribution in [-0.4, -0.2) is 18.1 Å². The fourth-order valence-electron chi connectivity index (χ4n) is 3.06. The van der Waals surface area contributed by atoms with Crippen LogP contribution in [0, 0.1) is 5.82 Å². The molecular weight excluding hydrogens is 413 g/mol. The normalized spacial score (nSPS) is 10.5. The van der Waals surface area contributed by atoms with Crippen molar-refractivity contribution in [3.05, 3.63) is 89.6 Å². The molecule has 3 aromatic carbocycles. The Morgan fingerprint density at radius 2 is 1.71 bits per heavy atom. The largest absolute Gasteiger partial charge is 0.497 e. The van der Waals surface area contributed by atoms with Crippen LogP contribution in [-0.2, 0) is 6.54 Å². The average molecular weight is 434 g/mol. The Morgan fingerprint density at radius 1 is 1.00 bits per heavy atom.